The van der Waals surface area contributed by atoms with E-state index in [4.69, 9.17) is 10.2 Å². The fourth-order valence-corrected chi connectivity index (χ4v) is 2.53. The molecule has 0 fully saturated rings. The summed E-state index contributed by atoms with van der Waals surface area (Å²) >= 11 is 0. The Morgan fingerprint density at radius 2 is 1.86 bits per heavy atom. The first kappa shape index (κ1) is 13.8. The average molecular weight is 283 g/mol. The van der Waals surface area contributed by atoms with Crippen LogP contribution in [-0.2, 0) is 6.42 Å². The number of hydrogen-bond donors (Lipinski definition) is 1. The highest BCUT2D eigenvalue weighted by molar-refractivity contribution is 5.77. The zero-order valence-corrected chi connectivity index (χ0v) is 11.8. The van der Waals surface area contributed by atoms with Gasteiger partial charge in [-0.2, -0.15) is 0 Å². The Labute approximate surface area is 123 Å². The van der Waals surface area contributed by atoms with Crippen molar-refractivity contribution in [1.82, 2.24) is 0 Å². The molecule has 0 aliphatic heterocycles. The van der Waals surface area contributed by atoms with Gasteiger partial charge in [0.15, 0.2) is 0 Å². The maximum absolute atomic E-state index is 13.2. The van der Waals surface area contributed by atoms with Gasteiger partial charge < -0.3 is 10.2 Å². The van der Waals surface area contributed by atoms with Crippen molar-refractivity contribution in [2.45, 2.75) is 25.3 Å². The smallest absolute Gasteiger partial charge is 0.134 e. The molecule has 0 spiro atoms. The van der Waals surface area contributed by atoms with Crippen LogP contribution in [0, 0.1) is 5.82 Å². The maximum Gasteiger partial charge on any atom is 0.134 e. The molecule has 108 valence electrons. The van der Waals surface area contributed by atoms with Crippen LogP contribution in [0.1, 0.15) is 30.2 Å². The molecule has 1 aromatic heterocycles. The maximum atomic E-state index is 13.2. The van der Waals surface area contributed by atoms with Crippen molar-refractivity contribution < 1.29 is 8.81 Å². The summed E-state index contributed by atoms with van der Waals surface area (Å²) < 4.78 is 18.9. The number of halogens is 1. The molecule has 1 atom stereocenters. The third kappa shape index (κ3) is 3.31. The van der Waals surface area contributed by atoms with Gasteiger partial charge in [0, 0.05) is 5.39 Å². The quantitative estimate of drug-likeness (QED) is 0.743. The molecular formula is C18H18FNO. The fraction of sp³-hybridized carbons (Fsp3) is 0.222. The van der Waals surface area contributed by atoms with Crippen LogP contribution in [0.4, 0.5) is 4.39 Å². The molecule has 0 saturated heterocycles. The summed E-state index contributed by atoms with van der Waals surface area (Å²) in [6, 6.07) is 16.6. The molecule has 0 aliphatic carbocycles. The predicted molar refractivity (Wildman–Crippen MR) is 82.5 cm³/mol. The van der Waals surface area contributed by atoms with Crippen LogP contribution >= 0.6 is 0 Å². The summed E-state index contributed by atoms with van der Waals surface area (Å²) in [5.41, 5.74) is 8.17. The minimum absolute atomic E-state index is 0.149. The van der Waals surface area contributed by atoms with Crippen LogP contribution in [0.15, 0.2) is 59.0 Å². The molecule has 0 amide bonds. The molecule has 0 radical (unpaired) electrons. The summed E-state index contributed by atoms with van der Waals surface area (Å²) in [6.45, 7) is 0. The average Bonchev–Trinajstić information content (AvgIpc) is 2.91. The van der Waals surface area contributed by atoms with Gasteiger partial charge in [-0.25, -0.2) is 4.39 Å². The highest BCUT2D eigenvalue weighted by Gasteiger charge is 2.12. The second kappa shape index (κ2) is 6.10. The predicted octanol–water partition coefficient (Wildman–Crippen LogP) is 4.59. The van der Waals surface area contributed by atoms with Crippen LogP contribution in [0.3, 0.4) is 0 Å². The van der Waals surface area contributed by atoms with Crippen molar-refractivity contribution >= 4 is 11.0 Å². The lowest BCUT2D eigenvalue weighted by atomic mass is 10.0. The van der Waals surface area contributed by atoms with E-state index in [1.807, 2.05) is 24.3 Å². The Kier molecular flexibility index (Phi) is 4.02. The minimum atomic E-state index is -0.257. The van der Waals surface area contributed by atoms with E-state index in [0.29, 0.717) is 5.58 Å². The molecule has 3 rings (SSSR count). The van der Waals surface area contributed by atoms with E-state index < -0.39 is 0 Å². The third-order valence-corrected chi connectivity index (χ3v) is 3.69. The molecular weight excluding hydrogens is 265 g/mol. The highest BCUT2D eigenvalue weighted by atomic mass is 19.1. The summed E-state index contributed by atoms with van der Waals surface area (Å²) in [7, 11) is 0. The zero-order chi connectivity index (χ0) is 14.7. The van der Waals surface area contributed by atoms with E-state index in [1.165, 1.54) is 17.7 Å². The van der Waals surface area contributed by atoms with Crippen molar-refractivity contribution in [3.05, 3.63) is 71.7 Å². The molecule has 0 aliphatic rings. The first-order valence-corrected chi connectivity index (χ1v) is 7.21. The molecule has 21 heavy (non-hydrogen) atoms. The van der Waals surface area contributed by atoms with E-state index in [1.54, 1.807) is 6.07 Å². The summed E-state index contributed by atoms with van der Waals surface area (Å²) in [4.78, 5) is 0. The first-order valence-electron chi connectivity index (χ1n) is 7.21. The van der Waals surface area contributed by atoms with Crippen LogP contribution < -0.4 is 5.73 Å². The van der Waals surface area contributed by atoms with E-state index in [2.05, 4.69) is 12.1 Å². The minimum Gasteiger partial charge on any atom is -0.459 e. The Bertz CT molecular complexity index is 720. The lowest BCUT2D eigenvalue weighted by molar-refractivity contribution is 0.469. The highest BCUT2D eigenvalue weighted by Crippen LogP contribution is 2.26. The van der Waals surface area contributed by atoms with Gasteiger partial charge in [0.05, 0.1) is 6.04 Å². The molecule has 2 N–H and O–H groups in total. The number of nitrogens with two attached hydrogens (primary N) is 1. The fourth-order valence-electron chi connectivity index (χ4n) is 2.53. The normalized spacial score (nSPS) is 12.7. The molecule has 0 saturated carbocycles. The van der Waals surface area contributed by atoms with E-state index in [-0.39, 0.29) is 11.9 Å². The van der Waals surface area contributed by atoms with Crippen LogP contribution in [0.25, 0.3) is 11.0 Å². The van der Waals surface area contributed by atoms with Gasteiger partial charge >= 0.3 is 0 Å². The summed E-state index contributed by atoms with van der Waals surface area (Å²) in [5.74, 6) is 0.469. The van der Waals surface area contributed by atoms with E-state index >= 15 is 0 Å². The van der Waals surface area contributed by atoms with E-state index in [9.17, 15) is 4.39 Å². The van der Waals surface area contributed by atoms with Gasteiger partial charge in [-0.3, -0.25) is 0 Å². The van der Waals surface area contributed by atoms with Gasteiger partial charge in [-0.15, -0.1) is 0 Å². The number of fused-ring (bicyclic) bond motifs is 1. The van der Waals surface area contributed by atoms with Crippen LogP contribution in [0.5, 0.6) is 0 Å². The summed E-state index contributed by atoms with van der Waals surface area (Å²) in [5, 5.41) is 0.767. The van der Waals surface area contributed by atoms with Crippen molar-refractivity contribution in [3.8, 4) is 0 Å². The number of aryl methyl sites for hydroxylation is 1. The van der Waals surface area contributed by atoms with Gasteiger partial charge in [-0.05, 0) is 49.1 Å². The Balaban J connectivity index is 1.62. The number of hydrogen-bond acceptors (Lipinski definition) is 2. The van der Waals surface area contributed by atoms with Crippen LogP contribution in [0.2, 0.25) is 0 Å². The van der Waals surface area contributed by atoms with Crippen molar-refractivity contribution in [3.63, 3.8) is 0 Å². The van der Waals surface area contributed by atoms with Gasteiger partial charge in [0.1, 0.15) is 17.2 Å². The molecule has 1 unspecified atom stereocenters. The van der Waals surface area contributed by atoms with Gasteiger partial charge in [-0.1, -0.05) is 30.3 Å². The zero-order valence-electron chi connectivity index (χ0n) is 11.8. The number of benzene rings is 2. The molecule has 0 bridgehead atoms. The third-order valence-electron chi connectivity index (χ3n) is 3.69. The van der Waals surface area contributed by atoms with Gasteiger partial charge in [0.25, 0.3) is 0 Å². The Hall–Kier alpha value is -2.13. The Morgan fingerprint density at radius 3 is 2.67 bits per heavy atom. The molecule has 2 nitrogen and oxygen atoms in total. The number of furan rings is 1. The van der Waals surface area contributed by atoms with Crippen molar-refractivity contribution in [2.75, 3.05) is 0 Å². The molecule has 3 aromatic rings. The lowest BCUT2D eigenvalue weighted by Gasteiger charge is -2.08. The van der Waals surface area contributed by atoms with Crippen molar-refractivity contribution in [1.29, 1.82) is 0 Å². The topological polar surface area (TPSA) is 39.2 Å². The standard InChI is InChI=1S/C18H18FNO/c19-15-9-10-17-14(11-15)12-18(21-17)16(20)8-4-7-13-5-2-1-3-6-13/h1-3,5-6,9-12,16H,4,7-8,20H2. The second-order valence-corrected chi connectivity index (χ2v) is 5.32. The lowest BCUT2D eigenvalue weighted by Crippen LogP contribution is -2.09. The van der Waals surface area contributed by atoms with E-state index in [0.717, 1.165) is 30.4 Å². The Morgan fingerprint density at radius 1 is 1.05 bits per heavy atom. The first-order chi connectivity index (χ1) is 10.2. The monoisotopic (exact) mass is 283 g/mol. The molecule has 2 aromatic carbocycles. The van der Waals surface area contributed by atoms with Crippen LogP contribution in [-0.4, -0.2) is 0 Å². The van der Waals surface area contributed by atoms with Gasteiger partial charge in [0.2, 0.25) is 0 Å². The summed E-state index contributed by atoms with van der Waals surface area (Å²) in [6.07, 6.45) is 2.84. The molecule has 1 heterocycles. The molecule has 3 heteroatoms. The number of rotatable bonds is 5. The second-order valence-electron chi connectivity index (χ2n) is 5.32. The largest absolute Gasteiger partial charge is 0.459 e. The van der Waals surface area contributed by atoms with Crippen molar-refractivity contribution in [2.24, 2.45) is 5.73 Å². The SMILES string of the molecule is NC(CCCc1ccccc1)c1cc2cc(F)ccc2o1.